The first-order valence-electron chi connectivity index (χ1n) is 5.47. The molecule has 6 heteroatoms. The maximum atomic E-state index is 5.91. The SMILES string of the molecule is CC(C)c1c(N)ncnc1Sc1ccc(Br)cn1. The van der Waals surface area contributed by atoms with Gasteiger partial charge in [-0.05, 0) is 45.7 Å². The van der Waals surface area contributed by atoms with Gasteiger partial charge in [-0.1, -0.05) is 13.8 Å². The van der Waals surface area contributed by atoms with Gasteiger partial charge in [0.2, 0.25) is 0 Å². The van der Waals surface area contributed by atoms with Crippen molar-refractivity contribution in [1.82, 2.24) is 15.0 Å². The van der Waals surface area contributed by atoms with Crippen LogP contribution in [-0.4, -0.2) is 15.0 Å². The van der Waals surface area contributed by atoms with Crippen LogP contribution in [0.4, 0.5) is 5.82 Å². The van der Waals surface area contributed by atoms with Crippen LogP contribution in [0.3, 0.4) is 0 Å². The fourth-order valence-electron chi connectivity index (χ4n) is 1.54. The molecular weight excluding hydrogens is 312 g/mol. The Hall–Kier alpha value is -1.14. The van der Waals surface area contributed by atoms with E-state index in [1.807, 2.05) is 12.1 Å². The molecule has 0 spiro atoms. The molecule has 0 fully saturated rings. The van der Waals surface area contributed by atoms with Gasteiger partial charge in [-0.2, -0.15) is 0 Å². The molecule has 2 aromatic rings. The first-order chi connectivity index (χ1) is 8.58. The second-order valence-corrected chi connectivity index (χ2v) is 5.97. The molecule has 0 aromatic carbocycles. The molecule has 0 unspecified atom stereocenters. The molecule has 0 amide bonds. The monoisotopic (exact) mass is 324 g/mol. The van der Waals surface area contributed by atoms with Crippen LogP contribution in [0.1, 0.15) is 25.3 Å². The molecule has 18 heavy (non-hydrogen) atoms. The van der Waals surface area contributed by atoms with E-state index in [-0.39, 0.29) is 5.92 Å². The van der Waals surface area contributed by atoms with E-state index in [9.17, 15) is 0 Å². The molecule has 4 nitrogen and oxygen atoms in total. The lowest BCUT2D eigenvalue weighted by Gasteiger charge is -2.12. The van der Waals surface area contributed by atoms with E-state index in [0.29, 0.717) is 5.82 Å². The molecule has 0 bridgehead atoms. The number of nitrogens with two attached hydrogens (primary N) is 1. The van der Waals surface area contributed by atoms with Crippen LogP contribution in [0.25, 0.3) is 0 Å². The van der Waals surface area contributed by atoms with Crippen LogP contribution in [0.15, 0.2) is 39.2 Å². The third-order valence-corrected chi connectivity index (χ3v) is 3.80. The summed E-state index contributed by atoms with van der Waals surface area (Å²) in [5.74, 6) is 0.823. The number of nitrogens with zero attached hydrogens (tertiary/aromatic N) is 3. The molecule has 0 aliphatic rings. The van der Waals surface area contributed by atoms with Crippen molar-refractivity contribution in [2.75, 3.05) is 5.73 Å². The van der Waals surface area contributed by atoms with Crippen LogP contribution in [-0.2, 0) is 0 Å². The van der Waals surface area contributed by atoms with Crippen molar-refractivity contribution in [3.8, 4) is 0 Å². The summed E-state index contributed by atoms with van der Waals surface area (Å²) in [4.78, 5) is 12.7. The predicted molar refractivity (Wildman–Crippen MR) is 76.6 cm³/mol. The van der Waals surface area contributed by atoms with E-state index < -0.39 is 0 Å². The number of rotatable bonds is 3. The van der Waals surface area contributed by atoms with E-state index in [1.54, 1.807) is 6.20 Å². The second kappa shape index (κ2) is 5.67. The smallest absolute Gasteiger partial charge is 0.131 e. The van der Waals surface area contributed by atoms with E-state index in [2.05, 4.69) is 44.7 Å². The van der Waals surface area contributed by atoms with Gasteiger partial charge in [0.25, 0.3) is 0 Å². The van der Waals surface area contributed by atoms with Crippen LogP contribution in [0, 0.1) is 0 Å². The molecule has 0 aliphatic carbocycles. The van der Waals surface area contributed by atoms with E-state index in [1.165, 1.54) is 18.1 Å². The normalized spacial score (nSPS) is 10.9. The summed E-state index contributed by atoms with van der Waals surface area (Å²) in [6.07, 6.45) is 3.25. The topological polar surface area (TPSA) is 64.7 Å². The zero-order valence-electron chi connectivity index (χ0n) is 10.1. The summed E-state index contributed by atoms with van der Waals surface area (Å²) in [5.41, 5.74) is 6.89. The number of aromatic nitrogens is 3. The zero-order valence-corrected chi connectivity index (χ0v) is 12.5. The largest absolute Gasteiger partial charge is 0.383 e. The standard InChI is InChI=1S/C12H13BrN4S/c1-7(2)10-11(14)16-6-17-12(10)18-9-4-3-8(13)5-15-9/h3-7H,1-2H3,(H2,14,16,17). The van der Waals surface area contributed by atoms with Crippen molar-refractivity contribution in [1.29, 1.82) is 0 Å². The van der Waals surface area contributed by atoms with E-state index >= 15 is 0 Å². The van der Waals surface area contributed by atoms with Crippen LogP contribution in [0.2, 0.25) is 0 Å². The number of pyridine rings is 1. The zero-order chi connectivity index (χ0) is 13.1. The minimum Gasteiger partial charge on any atom is -0.383 e. The molecule has 0 atom stereocenters. The van der Waals surface area contributed by atoms with Crippen LogP contribution < -0.4 is 5.73 Å². The molecule has 0 saturated heterocycles. The van der Waals surface area contributed by atoms with Crippen LogP contribution >= 0.6 is 27.7 Å². The van der Waals surface area contributed by atoms with E-state index in [0.717, 1.165) is 20.1 Å². The lowest BCUT2D eigenvalue weighted by Crippen LogP contribution is -2.03. The minimum atomic E-state index is 0.282. The van der Waals surface area contributed by atoms with Crippen molar-refractivity contribution in [2.24, 2.45) is 0 Å². The summed E-state index contributed by atoms with van der Waals surface area (Å²) in [7, 11) is 0. The Morgan fingerprint density at radius 2 is 2.00 bits per heavy atom. The molecule has 0 saturated carbocycles. The van der Waals surface area contributed by atoms with Gasteiger partial charge in [-0.3, -0.25) is 0 Å². The third kappa shape index (κ3) is 3.00. The Balaban J connectivity index is 2.34. The second-order valence-electron chi connectivity index (χ2n) is 4.05. The molecule has 0 radical (unpaired) electrons. The number of hydrogen-bond acceptors (Lipinski definition) is 5. The number of hydrogen-bond donors (Lipinski definition) is 1. The Bertz CT molecular complexity index is 542. The number of nitrogen functional groups attached to an aromatic ring is 1. The quantitative estimate of drug-likeness (QED) is 0.875. The Morgan fingerprint density at radius 1 is 1.22 bits per heavy atom. The fourth-order valence-corrected chi connectivity index (χ4v) is 2.76. The highest BCUT2D eigenvalue weighted by atomic mass is 79.9. The van der Waals surface area contributed by atoms with Gasteiger partial charge in [0.1, 0.15) is 22.2 Å². The van der Waals surface area contributed by atoms with Gasteiger partial charge < -0.3 is 5.73 Å². The highest BCUT2D eigenvalue weighted by Gasteiger charge is 2.14. The Labute approximate surface area is 119 Å². The summed E-state index contributed by atoms with van der Waals surface area (Å²) in [6.45, 7) is 4.16. The van der Waals surface area contributed by atoms with E-state index in [4.69, 9.17) is 5.73 Å². The molecule has 2 aromatic heterocycles. The average Bonchev–Trinajstić information content (AvgIpc) is 2.32. The summed E-state index contributed by atoms with van der Waals surface area (Å²) in [5, 5.41) is 1.76. The maximum absolute atomic E-state index is 5.91. The van der Waals surface area contributed by atoms with Crippen molar-refractivity contribution in [2.45, 2.75) is 29.8 Å². The molecule has 0 aliphatic heterocycles. The van der Waals surface area contributed by atoms with Crippen molar-refractivity contribution < 1.29 is 0 Å². The first-order valence-corrected chi connectivity index (χ1v) is 7.08. The van der Waals surface area contributed by atoms with Gasteiger partial charge in [0, 0.05) is 16.2 Å². The highest BCUT2D eigenvalue weighted by Crippen LogP contribution is 2.33. The van der Waals surface area contributed by atoms with Crippen LogP contribution in [0.5, 0.6) is 0 Å². The third-order valence-electron chi connectivity index (χ3n) is 2.36. The number of halogens is 1. The highest BCUT2D eigenvalue weighted by molar-refractivity contribution is 9.10. The summed E-state index contributed by atoms with van der Waals surface area (Å²) < 4.78 is 0.957. The summed E-state index contributed by atoms with van der Waals surface area (Å²) >= 11 is 4.87. The van der Waals surface area contributed by atoms with Gasteiger partial charge in [0.05, 0.1) is 0 Å². The minimum absolute atomic E-state index is 0.282. The average molecular weight is 325 g/mol. The summed E-state index contributed by atoms with van der Waals surface area (Å²) in [6, 6.07) is 3.89. The van der Waals surface area contributed by atoms with Crippen molar-refractivity contribution >= 4 is 33.5 Å². The van der Waals surface area contributed by atoms with Crippen molar-refractivity contribution in [3.05, 3.63) is 34.7 Å². The molecule has 2 heterocycles. The number of anilines is 1. The van der Waals surface area contributed by atoms with Gasteiger partial charge in [0.15, 0.2) is 0 Å². The Morgan fingerprint density at radius 3 is 2.61 bits per heavy atom. The molecule has 94 valence electrons. The molecule has 2 rings (SSSR count). The maximum Gasteiger partial charge on any atom is 0.131 e. The van der Waals surface area contributed by atoms with Gasteiger partial charge >= 0.3 is 0 Å². The predicted octanol–water partition coefficient (Wildman–Crippen LogP) is 3.49. The molecule has 2 N–H and O–H groups in total. The van der Waals surface area contributed by atoms with Gasteiger partial charge in [-0.15, -0.1) is 0 Å². The van der Waals surface area contributed by atoms with Crippen molar-refractivity contribution in [3.63, 3.8) is 0 Å². The lowest BCUT2D eigenvalue weighted by atomic mass is 10.1. The van der Waals surface area contributed by atoms with Gasteiger partial charge in [-0.25, -0.2) is 15.0 Å². The lowest BCUT2D eigenvalue weighted by molar-refractivity contribution is 0.808. The first kappa shape index (κ1) is 13.3. The fraction of sp³-hybridized carbons (Fsp3) is 0.250. The Kier molecular flexibility index (Phi) is 4.19. The molecular formula is C12H13BrN4S.